The summed E-state index contributed by atoms with van der Waals surface area (Å²) in [4.78, 5) is 26.4. The Morgan fingerprint density at radius 1 is 1.12 bits per heavy atom. The zero-order valence-electron chi connectivity index (χ0n) is 19.2. The van der Waals surface area contributed by atoms with E-state index < -0.39 is 17.9 Å². The van der Waals surface area contributed by atoms with E-state index in [0.717, 1.165) is 44.0 Å². The zero-order chi connectivity index (χ0) is 24.2. The van der Waals surface area contributed by atoms with Crippen molar-refractivity contribution in [1.82, 2.24) is 21.0 Å². The standard InChI is InChI=1S/C26H30N4O4/c1-27-18-24(26(32)29-33)28-25(31)23-12-10-21(11-13-23)5-3-2-4-20-6-8-22(9-7-20)19-30-14-16-34-17-15-30/h3,5-13,24,27,33H,14-19H2,1H3,(H,28,31)(H,29,32)/t24-/m0/s1. The van der Waals surface area contributed by atoms with Crippen LogP contribution in [0.3, 0.4) is 0 Å². The highest BCUT2D eigenvalue weighted by Gasteiger charge is 2.20. The molecule has 0 saturated carbocycles. The van der Waals surface area contributed by atoms with Crippen LogP contribution in [-0.4, -0.2) is 67.9 Å². The van der Waals surface area contributed by atoms with Crippen LogP contribution < -0.4 is 16.1 Å². The van der Waals surface area contributed by atoms with E-state index in [1.54, 1.807) is 42.9 Å². The van der Waals surface area contributed by atoms with Crippen LogP contribution >= 0.6 is 0 Å². The summed E-state index contributed by atoms with van der Waals surface area (Å²) in [5, 5.41) is 14.2. The van der Waals surface area contributed by atoms with E-state index in [1.807, 2.05) is 18.2 Å². The highest BCUT2D eigenvalue weighted by atomic mass is 16.5. The van der Waals surface area contributed by atoms with E-state index in [4.69, 9.17) is 9.94 Å². The summed E-state index contributed by atoms with van der Waals surface area (Å²) in [6, 6.07) is 14.3. The fourth-order valence-electron chi connectivity index (χ4n) is 3.45. The molecule has 8 nitrogen and oxygen atoms in total. The molecule has 2 aromatic carbocycles. The average molecular weight is 463 g/mol. The quantitative estimate of drug-likeness (QED) is 0.269. The largest absolute Gasteiger partial charge is 0.379 e. The molecule has 4 N–H and O–H groups in total. The molecule has 0 bridgehead atoms. The molecular weight excluding hydrogens is 432 g/mol. The number of hydroxylamine groups is 1. The molecule has 0 spiro atoms. The molecule has 2 amide bonds. The van der Waals surface area contributed by atoms with Gasteiger partial charge in [0.25, 0.3) is 11.8 Å². The number of amides is 2. The van der Waals surface area contributed by atoms with E-state index in [9.17, 15) is 9.59 Å². The predicted octanol–water partition coefficient (Wildman–Crippen LogP) is 1.41. The number of rotatable bonds is 8. The summed E-state index contributed by atoms with van der Waals surface area (Å²) in [7, 11) is 1.65. The highest BCUT2D eigenvalue weighted by Crippen LogP contribution is 2.09. The molecule has 178 valence electrons. The molecule has 2 aromatic rings. The van der Waals surface area contributed by atoms with Crippen LogP contribution in [0.1, 0.15) is 27.0 Å². The molecule has 0 aromatic heterocycles. The van der Waals surface area contributed by atoms with Gasteiger partial charge in [0.15, 0.2) is 0 Å². The number of likely N-dealkylation sites (N-methyl/N-ethyl adjacent to an activating group) is 1. The zero-order valence-corrected chi connectivity index (χ0v) is 19.2. The number of allylic oxidation sites excluding steroid dienone is 1. The lowest BCUT2D eigenvalue weighted by molar-refractivity contribution is -0.131. The molecule has 1 heterocycles. The summed E-state index contributed by atoms with van der Waals surface area (Å²) < 4.78 is 5.39. The highest BCUT2D eigenvalue weighted by molar-refractivity contribution is 5.97. The second-order valence-electron chi connectivity index (χ2n) is 7.87. The van der Waals surface area contributed by atoms with Gasteiger partial charge < -0.3 is 15.4 Å². The number of hydrogen-bond acceptors (Lipinski definition) is 6. The minimum absolute atomic E-state index is 0.189. The molecule has 8 heteroatoms. The van der Waals surface area contributed by atoms with Crippen molar-refractivity contribution in [3.8, 4) is 11.8 Å². The molecule has 1 atom stereocenters. The molecule has 1 aliphatic rings. The topological polar surface area (TPSA) is 103 Å². The molecule has 1 fully saturated rings. The number of carbonyl (C=O) groups excluding carboxylic acids is 2. The van der Waals surface area contributed by atoms with Crippen molar-refractivity contribution < 1.29 is 19.5 Å². The van der Waals surface area contributed by atoms with Gasteiger partial charge in [0.1, 0.15) is 6.04 Å². The Balaban J connectivity index is 1.51. The second-order valence-corrected chi connectivity index (χ2v) is 7.87. The molecule has 34 heavy (non-hydrogen) atoms. The minimum Gasteiger partial charge on any atom is -0.379 e. The Labute approximate surface area is 199 Å². The van der Waals surface area contributed by atoms with Crippen LogP contribution in [-0.2, 0) is 16.1 Å². The number of morpholine rings is 1. The third kappa shape index (κ3) is 7.83. The van der Waals surface area contributed by atoms with E-state index in [-0.39, 0.29) is 6.54 Å². The summed E-state index contributed by atoms with van der Waals surface area (Å²) in [6.07, 6.45) is 3.63. The van der Waals surface area contributed by atoms with Crippen LogP contribution in [0.5, 0.6) is 0 Å². The Kier molecular flexibility index (Phi) is 9.82. The lowest BCUT2D eigenvalue weighted by atomic mass is 10.1. The fourth-order valence-corrected chi connectivity index (χ4v) is 3.45. The van der Waals surface area contributed by atoms with Gasteiger partial charge in [-0.25, -0.2) is 5.48 Å². The van der Waals surface area contributed by atoms with Crippen molar-refractivity contribution in [3.05, 3.63) is 76.9 Å². The molecule has 3 rings (SSSR count). The van der Waals surface area contributed by atoms with Crippen molar-refractivity contribution in [1.29, 1.82) is 0 Å². The monoisotopic (exact) mass is 462 g/mol. The van der Waals surface area contributed by atoms with Gasteiger partial charge in [-0.05, 0) is 54.6 Å². The Morgan fingerprint density at radius 2 is 1.82 bits per heavy atom. The average Bonchev–Trinajstić information content (AvgIpc) is 2.87. The molecule has 0 radical (unpaired) electrons. The normalized spacial score (nSPS) is 14.8. The first-order chi connectivity index (χ1) is 16.6. The minimum atomic E-state index is -0.884. The van der Waals surface area contributed by atoms with Crippen LogP contribution in [0.2, 0.25) is 0 Å². The lowest BCUT2D eigenvalue weighted by Gasteiger charge is -2.26. The van der Waals surface area contributed by atoms with Crippen molar-refractivity contribution in [2.45, 2.75) is 12.6 Å². The number of nitrogens with one attached hydrogen (secondary N) is 3. The van der Waals surface area contributed by atoms with E-state index >= 15 is 0 Å². The molecule has 0 unspecified atom stereocenters. The van der Waals surface area contributed by atoms with Crippen molar-refractivity contribution in [3.63, 3.8) is 0 Å². The first kappa shape index (κ1) is 25.1. The first-order valence-corrected chi connectivity index (χ1v) is 11.2. The third-order valence-electron chi connectivity index (χ3n) is 5.35. The summed E-state index contributed by atoms with van der Waals surface area (Å²) in [5.74, 6) is 5.07. The summed E-state index contributed by atoms with van der Waals surface area (Å²) in [6.45, 7) is 4.65. The third-order valence-corrected chi connectivity index (χ3v) is 5.35. The molecular formula is C26H30N4O4. The van der Waals surface area contributed by atoms with E-state index in [0.29, 0.717) is 5.56 Å². The van der Waals surface area contributed by atoms with Crippen molar-refractivity contribution in [2.24, 2.45) is 0 Å². The Morgan fingerprint density at radius 3 is 2.47 bits per heavy atom. The van der Waals surface area contributed by atoms with Gasteiger partial charge >= 0.3 is 0 Å². The van der Waals surface area contributed by atoms with Crippen LogP contribution in [0.15, 0.2) is 54.6 Å². The van der Waals surface area contributed by atoms with Crippen LogP contribution in [0.4, 0.5) is 0 Å². The predicted molar refractivity (Wildman–Crippen MR) is 130 cm³/mol. The smallest absolute Gasteiger partial charge is 0.267 e. The van der Waals surface area contributed by atoms with E-state index in [2.05, 4.69) is 39.5 Å². The SMILES string of the molecule is CNC[C@H](NC(=O)c1ccc(C=CC#Cc2ccc(CN3CCOCC3)cc2)cc1)C(=O)NO. The molecule has 1 aliphatic heterocycles. The van der Waals surface area contributed by atoms with Gasteiger partial charge in [-0.2, -0.15) is 0 Å². The summed E-state index contributed by atoms with van der Waals surface area (Å²) >= 11 is 0. The number of nitrogens with zero attached hydrogens (tertiary/aromatic N) is 1. The first-order valence-electron chi connectivity index (χ1n) is 11.2. The maximum Gasteiger partial charge on any atom is 0.267 e. The van der Waals surface area contributed by atoms with Crippen LogP contribution in [0, 0.1) is 11.8 Å². The van der Waals surface area contributed by atoms with Crippen molar-refractivity contribution in [2.75, 3.05) is 39.9 Å². The lowest BCUT2D eigenvalue weighted by Crippen LogP contribution is -2.50. The number of ether oxygens (including phenoxy) is 1. The van der Waals surface area contributed by atoms with Gasteiger partial charge in [0.2, 0.25) is 0 Å². The maximum atomic E-state index is 12.4. The second kappa shape index (κ2) is 13.3. The van der Waals surface area contributed by atoms with Gasteiger partial charge in [0, 0.05) is 37.3 Å². The van der Waals surface area contributed by atoms with E-state index in [1.165, 1.54) is 5.56 Å². The Hall–Kier alpha value is -3.48. The maximum absolute atomic E-state index is 12.4. The number of benzene rings is 2. The molecule has 1 saturated heterocycles. The van der Waals surface area contributed by atoms with Crippen molar-refractivity contribution >= 4 is 17.9 Å². The van der Waals surface area contributed by atoms with Crippen LogP contribution in [0.25, 0.3) is 6.08 Å². The number of carbonyl (C=O) groups is 2. The van der Waals surface area contributed by atoms with Gasteiger partial charge in [0.05, 0.1) is 13.2 Å². The van der Waals surface area contributed by atoms with Gasteiger partial charge in [-0.3, -0.25) is 19.7 Å². The Bertz CT molecular complexity index is 1030. The van der Waals surface area contributed by atoms with Gasteiger partial charge in [-0.1, -0.05) is 36.1 Å². The molecule has 0 aliphatic carbocycles. The van der Waals surface area contributed by atoms with Gasteiger partial charge in [-0.15, -0.1) is 0 Å². The number of hydrogen-bond donors (Lipinski definition) is 4. The fraction of sp³-hybridized carbons (Fsp3) is 0.308. The summed E-state index contributed by atoms with van der Waals surface area (Å²) in [5.41, 5.74) is 5.07.